The number of ether oxygens (including phenoxy) is 1. The molecule has 2 aromatic rings. The van der Waals surface area contributed by atoms with Crippen LogP contribution < -0.4 is 10.1 Å². The van der Waals surface area contributed by atoms with Crippen LogP contribution in [0, 0.1) is 0 Å². The number of aromatic nitrogens is 3. The molecule has 144 valence electrons. The summed E-state index contributed by atoms with van der Waals surface area (Å²) < 4.78 is 7.60. The second-order valence-corrected chi connectivity index (χ2v) is 7.53. The van der Waals surface area contributed by atoms with Gasteiger partial charge in [0.15, 0.2) is 0 Å². The Morgan fingerprint density at radius 2 is 2.11 bits per heavy atom. The largest absolute Gasteiger partial charge is 0.496 e. The minimum Gasteiger partial charge on any atom is -0.496 e. The van der Waals surface area contributed by atoms with Crippen molar-refractivity contribution in [2.75, 3.05) is 26.7 Å². The van der Waals surface area contributed by atoms with Crippen LogP contribution >= 0.6 is 11.6 Å². The van der Waals surface area contributed by atoms with Crippen molar-refractivity contribution < 1.29 is 9.53 Å². The topological polar surface area (TPSA) is 72.3 Å². The van der Waals surface area contributed by atoms with Gasteiger partial charge in [-0.3, -0.25) is 4.79 Å². The molecule has 1 aromatic heterocycles. The van der Waals surface area contributed by atoms with E-state index >= 15 is 0 Å². The number of hydrogen-bond donors (Lipinski definition) is 1. The molecule has 1 N–H and O–H groups in total. The standard InChI is InChI=1S/C19H24ClN5O2/c1-27-16-3-2-15(20)10-14(16)11-18(26)24-7-4-13(5-8-24)19-23-22-17-12-21-6-9-25(17)19/h2-3,10,13,21H,4-9,11-12H2,1H3. The van der Waals surface area contributed by atoms with Crippen LogP contribution in [0.5, 0.6) is 5.75 Å². The SMILES string of the molecule is COc1ccc(Cl)cc1CC(=O)N1CCC(c2nnc3n2CCNC3)CC1. The highest BCUT2D eigenvalue weighted by Gasteiger charge is 2.29. The summed E-state index contributed by atoms with van der Waals surface area (Å²) in [4.78, 5) is 14.7. The smallest absolute Gasteiger partial charge is 0.227 e. The summed E-state index contributed by atoms with van der Waals surface area (Å²) in [5.74, 6) is 3.28. The Balaban J connectivity index is 1.39. The number of piperidine rings is 1. The Hall–Kier alpha value is -2.12. The van der Waals surface area contributed by atoms with Crippen LogP contribution in [0.2, 0.25) is 5.02 Å². The van der Waals surface area contributed by atoms with Gasteiger partial charge in [-0.1, -0.05) is 11.6 Å². The second kappa shape index (κ2) is 7.86. The molecule has 1 fully saturated rings. The number of hydrogen-bond acceptors (Lipinski definition) is 5. The number of rotatable bonds is 4. The zero-order valence-electron chi connectivity index (χ0n) is 15.4. The lowest BCUT2D eigenvalue weighted by molar-refractivity contribution is -0.131. The normalized spacial score (nSPS) is 17.6. The monoisotopic (exact) mass is 389 g/mol. The molecular weight excluding hydrogens is 366 g/mol. The third-order valence-corrected chi connectivity index (χ3v) is 5.68. The van der Waals surface area contributed by atoms with E-state index in [4.69, 9.17) is 16.3 Å². The van der Waals surface area contributed by atoms with E-state index in [-0.39, 0.29) is 5.91 Å². The van der Waals surface area contributed by atoms with Crippen LogP contribution in [0.15, 0.2) is 18.2 Å². The molecule has 1 aromatic carbocycles. The Morgan fingerprint density at radius 3 is 2.89 bits per heavy atom. The fourth-order valence-corrected chi connectivity index (χ4v) is 4.16. The molecular formula is C19H24ClN5O2. The molecule has 2 aliphatic rings. The number of amides is 1. The van der Waals surface area contributed by atoms with E-state index in [2.05, 4.69) is 20.1 Å². The molecule has 27 heavy (non-hydrogen) atoms. The highest BCUT2D eigenvalue weighted by molar-refractivity contribution is 6.30. The van der Waals surface area contributed by atoms with E-state index in [9.17, 15) is 4.79 Å². The Morgan fingerprint density at radius 1 is 1.30 bits per heavy atom. The number of carbonyl (C=O) groups is 1. The van der Waals surface area contributed by atoms with Crippen molar-refractivity contribution in [3.63, 3.8) is 0 Å². The average Bonchev–Trinajstić information content (AvgIpc) is 3.12. The second-order valence-electron chi connectivity index (χ2n) is 7.09. The molecule has 1 amide bonds. The number of nitrogens with one attached hydrogen (secondary N) is 1. The molecule has 2 aliphatic heterocycles. The van der Waals surface area contributed by atoms with Gasteiger partial charge >= 0.3 is 0 Å². The first-order chi connectivity index (χ1) is 13.2. The summed E-state index contributed by atoms with van der Waals surface area (Å²) in [6.07, 6.45) is 2.15. The summed E-state index contributed by atoms with van der Waals surface area (Å²) in [6, 6.07) is 5.39. The lowest BCUT2D eigenvalue weighted by Crippen LogP contribution is -2.39. The molecule has 0 saturated carbocycles. The first kappa shape index (κ1) is 18.3. The van der Waals surface area contributed by atoms with Gasteiger partial charge in [0.1, 0.15) is 17.4 Å². The number of halogens is 1. The maximum absolute atomic E-state index is 12.8. The fraction of sp³-hybridized carbons (Fsp3) is 0.526. The van der Waals surface area contributed by atoms with Crippen molar-refractivity contribution in [3.05, 3.63) is 40.4 Å². The maximum atomic E-state index is 12.8. The third-order valence-electron chi connectivity index (χ3n) is 5.45. The lowest BCUT2D eigenvalue weighted by Gasteiger charge is -2.32. The van der Waals surface area contributed by atoms with Crippen LogP contribution in [-0.4, -0.2) is 52.3 Å². The Labute approximate surface area is 163 Å². The number of likely N-dealkylation sites (tertiary alicyclic amines) is 1. The molecule has 3 heterocycles. The van der Waals surface area contributed by atoms with Gasteiger partial charge in [-0.25, -0.2) is 0 Å². The van der Waals surface area contributed by atoms with Gasteiger partial charge in [0.25, 0.3) is 0 Å². The molecule has 0 radical (unpaired) electrons. The third kappa shape index (κ3) is 3.80. The van der Waals surface area contributed by atoms with Crippen LogP contribution in [0.4, 0.5) is 0 Å². The van der Waals surface area contributed by atoms with Crippen LogP contribution in [0.1, 0.15) is 36.0 Å². The van der Waals surface area contributed by atoms with E-state index in [1.54, 1.807) is 19.2 Å². The highest BCUT2D eigenvalue weighted by atomic mass is 35.5. The predicted molar refractivity (Wildman–Crippen MR) is 102 cm³/mol. The average molecular weight is 390 g/mol. The highest BCUT2D eigenvalue weighted by Crippen LogP contribution is 2.29. The van der Waals surface area contributed by atoms with E-state index in [0.717, 1.165) is 62.8 Å². The van der Waals surface area contributed by atoms with Crippen LogP contribution in [-0.2, 0) is 24.3 Å². The Kier molecular flexibility index (Phi) is 5.31. The molecule has 0 unspecified atom stereocenters. The number of carbonyl (C=O) groups excluding carboxylic acids is 1. The van der Waals surface area contributed by atoms with Gasteiger partial charge in [0.05, 0.1) is 20.1 Å². The van der Waals surface area contributed by atoms with E-state index < -0.39 is 0 Å². The van der Waals surface area contributed by atoms with Crippen LogP contribution in [0.25, 0.3) is 0 Å². The lowest BCUT2D eigenvalue weighted by atomic mass is 9.95. The van der Waals surface area contributed by atoms with Gasteiger partial charge in [-0.05, 0) is 31.0 Å². The minimum absolute atomic E-state index is 0.112. The molecule has 1 saturated heterocycles. The van der Waals surface area contributed by atoms with Crippen molar-refractivity contribution in [2.45, 2.75) is 38.3 Å². The minimum atomic E-state index is 0.112. The summed E-state index contributed by atoms with van der Waals surface area (Å²) in [6.45, 7) is 4.15. The number of fused-ring (bicyclic) bond motifs is 1. The molecule has 4 rings (SSSR count). The van der Waals surface area contributed by atoms with Crippen LogP contribution in [0.3, 0.4) is 0 Å². The first-order valence-corrected chi connectivity index (χ1v) is 9.76. The first-order valence-electron chi connectivity index (χ1n) is 9.38. The molecule has 8 heteroatoms. The Bertz CT molecular complexity index is 830. The van der Waals surface area contributed by atoms with Gasteiger partial charge < -0.3 is 19.5 Å². The van der Waals surface area contributed by atoms with E-state index in [0.29, 0.717) is 23.1 Å². The maximum Gasteiger partial charge on any atom is 0.227 e. The number of benzene rings is 1. The zero-order chi connectivity index (χ0) is 18.8. The summed E-state index contributed by atoms with van der Waals surface area (Å²) in [5.41, 5.74) is 0.830. The van der Waals surface area contributed by atoms with Gasteiger partial charge in [-0.2, -0.15) is 0 Å². The van der Waals surface area contributed by atoms with Gasteiger partial charge in [0, 0.05) is 42.7 Å². The van der Waals surface area contributed by atoms with E-state index in [1.165, 1.54) is 0 Å². The summed E-state index contributed by atoms with van der Waals surface area (Å²) >= 11 is 6.08. The van der Waals surface area contributed by atoms with Crippen molar-refractivity contribution in [2.24, 2.45) is 0 Å². The van der Waals surface area contributed by atoms with Gasteiger partial charge in [0.2, 0.25) is 5.91 Å². The molecule has 0 aliphatic carbocycles. The molecule has 0 bridgehead atoms. The van der Waals surface area contributed by atoms with Crippen molar-refractivity contribution in [3.8, 4) is 5.75 Å². The quantitative estimate of drug-likeness (QED) is 0.865. The molecule has 7 nitrogen and oxygen atoms in total. The zero-order valence-corrected chi connectivity index (χ0v) is 16.2. The van der Waals surface area contributed by atoms with E-state index in [1.807, 2.05) is 11.0 Å². The summed E-state index contributed by atoms with van der Waals surface area (Å²) in [7, 11) is 1.61. The van der Waals surface area contributed by atoms with Crippen molar-refractivity contribution in [1.82, 2.24) is 25.0 Å². The number of methoxy groups -OCH3 is 1. The molecule has 0 atom stereocenters. The fourth-order valence-electron chi connectivity index (χ4n) is 3.96. The van der Waals surface area contributed by atoms with Crippen molar-refractivity contribution in [1.29, 1.82) is 0 Å². The summed E-state index contributed by atoms with van der Waals surface area (Å²) in [5, 5.41) is 12.7. The molecule has 0 spiro atoms. The predicted octanol–water partition coefficient (Wildman–Crippen LogP) is 1.99. The van der Waals surface area contributed by atoms with Crippen molar-refractivity contribution >= 4 is 17.5 Å². The number of nitrogens with zero attached hydrogens (tertiary/aromatic N) is 4. The van der Waals surface area contributed by atoms with Gasteiger partial charge in [-0.15, -0.1) is 10.2 Å².